The van der Waals surface area contributed by atoms with Crippen LogP contribution in [0.2, 0.25) is 10.0 Å². The smallest absolute Gasteiger partial charge is 0.128 e. The summed E-state index contributed by atoms with van der Waals surface area (Å²) in [5.41, 5.74) is 1.70. The van der Waals surface area contributed by atoms with Gasteiger partial charge in [0.1, 0.15) is 12.9 Å². The molecule has 7 heteroatoms. The summed E-state index contributed by atoms with van der Waals surface area (Å²) in [6.07, 6.45) is 2.60. The molecule has 1 aromatic carbocycles. The van der Waals surface area contributed by atoms with E-state index >= 15 is 0 Å². The number of hydrogen-bond donors (Lipinski definition) is 0. The lowest BCUT2D eigenvalue weighted by Crippen LogP contribution is -2.47. The zero-order valence-electron chi connectivity index (χ0n) is 14.7. The normalized spacial score (nSPS) is 16.0. The Morgan fingerprint density at radius 3 is 2.62 bits per heavy atom. The zero-order valence-corrected chi connectivity index (χ0v) is 16.2. The fourth-order valence-electron chi connectivity index (χ4n) is 3.07. The van der Waals surface area contributed by atoms with E-state index in [0.29, 0.717) is 10.0 Å². The molecule has 1 aromatic heterocycles. The van der Waals surface area contributed by atoms with Gasteiger partial charge in [0.15, 0.2) is 0 Å². The van der Waals surface area contributed by atoms with Crippen molar-refractivity contribution in [1.82, 2.24) is 9.88 Å². The van der Waals surface area contributed by atoms with E-state index in [0.717, 1.165) is 56.2 Å². The number of oxime groups is 1. The largest absolute Gasteiger partial charge is 0.399 e. The fourth-order valence-corrected chi connectivity index (χ4v) is 3.59. The predicted octanol–water partition coefficient (Wildman–Crippen LogP) is 3.95. The average Bonchev–Trinajstić information content (AvgIpc) is 2.67. The van der Waals surface area contributed by atoms with Crippen molar-refractivity contribution in [3.63, 3.8) is 0 Å². The van der Waals surface area contributed by atoms with Gasteiger partial charge in [-0.25, -0.2) is 4.98 Å². The van der Waals surface area contributed by atoms with Crippen LogP contribution in [0.3, 0.4) is 0 Å². The molecule has 0 unspecified atom stereocenters. The van der Waals surface area contributed by atoms with E-state index in [4.69, 9.17) is 28.0 Å². The highest BCUT2D eigenvalue weighted by atomic mass is 35.5. The molecule has 0 N–H and O–H groups in total. The van der Waals surface area contributed by atoms with E-state index in [1.807, 2.05) is 30.5 Å². The van der Waals surface area contributed by atoms with E-state index in [1.165, 1.54) is 0 Å². The van der Waals surface area contributed by atoms with E-state index in [9.17, 15) is 0 Å². The van der Waals surface area contributed by atoms with Crippen molar-refractivity contribution in [1.29, 1.82) is 0 Å². The van der Waals surface area contributed by atoms with Gasteiger partial charge in [0.2, 0.25) is 0 Å². The van der Waals surface area contributed by atoms with E-state index in [1.54, 1.807) is 13.2 Å². The maximum atomic E-state index is 6.32. The first-order chi connectivity index (χ1) is 12.7. The van der Waals surface area contributed by atoms with Gasteiger partial charge >= 0.3 is 0 Å². The molecule has 0 atom stereocenters. The molecule has 0 radical (unpaired) electrons. The second kappa shape index (κ2) is 9.21. The van der Waals surface area contributed by atoms with Gasteiger partial charge in [0.05, 0.1) is 10.7 Å². The van der Waals surface area contributed by atoms with Gasteiger partial charge in [-0.15, -0.1) is 0 Å². The molecule has 0 spiro atoms. The first kappa shape index (κ1) is 19.0. The first-order valence-electron chi connectivity index (χ1n) is 8.61. The highest BCUT2D eigenvalue weighted by molar-refractivity contribution is 6.37. The minimum atomic E-state index is 0.591. The van der Waals surface area contributed by atoms with Crippen molar-refractivity contribution in [3.05, 3.63) is 58.2 Å². The summed E-state index contributed by atoms with van der Waals surface area (Å²) in [4.78, 5) is 14.2. The Labute approximate surface area is 164 Å². The molecular weight excluding hydrogens is 371 g/mol. The molecule has 0 bridgehead atoms. The molecule has 3 rings (SSSR count). The van der Waals surface area contributed by atoms with Crippen molar-refractivity contribution in [2.75, 3.05) is 44.7 Å². The minimum absolute atomic E-state index is 0.591. The van der Waals surface area contributed by atoms with Crippen LogP contribution in [0.15, 0.2) is 47.8 Å². The van der Waals surface area contributed by atoms with Gasteiger partial charge in [0, 0.05) is 55.9 Å². The number of benzene rings is 1. The number of rotatable bonds is 6. The highest BCUT2D eigenvalue weighted by Crippen LogP contribution is 2.23. The van der Waals surface area contributed by atoms with Crippen LogP contribution in [0.25, 0.3) is 0 Å². The van der Waals surface area contributed by atoms with Crippen LogP contribution in [0.5, 0.6) is 0 Å². The Balaban J connectivity index is 1.57. The molecule has 1 saturated heterocycles. The fraction of sp³-hybridized carbons (Fsp3) is 0.368. The molecule has 2 aromatic rings. The lowest BCUT2D eigenvalue weighted by molar-refractivity contribution is 0.211. The SMILES string of the molecule is CO/N=C(/CCN1CCN(c2ccccn2)CC1)c1ccc(Cl)cc1Cl. The first-order valence-corrected chi connectivity index (χ1v) is 9.37. The lowest BCUT2D eigenvalue weighted by Gasteiger charge is -2.35. The quantitative estimate of drug-likeness (QED) is 0.551. The number of hydrogen-bond acceptors (Lipinski definition) is 5. The summed E-state index contributed by atoms with van der Waals surface area (Å²) in [5, 5.41) is 5.38. The van der Waals surface area contributed by atoms with Crippen LogP contribution in [0.4, 0.5) is 5.82 Å². The Morgan fingerprint density at radius 1 is 1.15 bits per heavy atom. The van der Waals surface area contributed by atoms with Gasteiger partial charge < -0.3 is 9.74 Å². The summed E-state index contributed by atoms with van der Waals surface area (Å²) in [6.45, 7) is 4.82. The van der Waals surface area contributed by atoms with Gasteiger partial charge in [-0.05, 0) is 24.3 Å². The van der Waals surface area contributed by atoms with Crippen LogP contribution in [0, 0.1) is 0 Å². The van der Waals surface area contributed by atoms with Crippen molar-refractivity contribution >= 4 is 34.7 Å². The molecule has 1 aliphatic heterocycles. The summed E-state index contributed by atoms with van der Waals surface area (Å²) >= 11 is 12.3. The van der Waals surface area contributed by atoms with Crippen molar-refractivity contribution in [2.24, 2.45) is 5.16 Å². The Hall–Kier alpha value is -1.82. The molecule has 5 nitrogen and oxygen atoms in total. The molecule has 0 aliphatic carbocycles. The molecule has 0 amide bonds. The van der Waals surface area contributed by atoms with Gasteiger partial charge in [0.25, 0.3) is 0 Å². The molecule has 26 heavy (non-hydrogen) atoms. The molecule has 1 fully saturated rings. The average molecular weight is 393 g/mol. The number of halogens is 2. The van der Waals surface area contributed by atoms with Gasteiger partial charge in [-0.2, -0.15) is 0 Å². The second-order valence-corrected chi connectivity index (χ2v) is 6.95. The molecular formula is C19H22Cl2N4O. The predicted molar refractivity (Wildman–Crippen MR) is 108 cm³/mol. The third-order valence-electron chi connectivity index (χ3n) is 4.45. The zero-order chi connectivity index (χ0) is 18.4. The Morgan fingerprint density at radius 2 is 1.96 bits per heavy atom. The third kappa shape index (κ3) is 4.87. The van der Waals surface area contributed by atoms with E-state index in [2.05, 4.69) is 26.0 Å². The topological polar surface area (TPSA) is 41.0 Å². The number of pyridine rings is 1. The van der Waals surface area contributed by atoms with Crippen LogP contribution >= 0.6 is 23.2 Å². The summed E-state index contributed by atoms with van der Waals surface area (Å²) in [7, 11) is 1.55. The van der Waals surface area contributed by atoms with Crippen molar-refractivity contribution < 1.29 is 4.84 Å². The number of piperazine rings is 1. The van der Waals surface area contributed by atoms with E-state index in [-0.39, 0.29) is 0 Å². The van der Waals surface area contributed by atoms with E-state index < -0.39 is 0 Å². The standard InChI is InChI=1S/C19H22Cl2N4O/c1-26-23-18(16-6-5-15(20)14-17(16)21)7-9-24-10-12-25(13-11-24)19-4-2-3-8-22-19/h2-6,8,14H,7,9-13H2,1H3/b23-18-. The summed E-state index contributed by atoms with van der Waals surface area (Å²) in [5.74, 6) is 1.04. The van der Waals surface area contributed by atoms with Crippen LogP contribution in [-0.2, 0) is 4.84 Å². The van der Waals surface area contributed by atoms with Crippen molar-refractivity contribution in [3.8, 4) is 0 Å². The second-order valence-electron chi connectivity index (χ2n) is 6.11. The van der Waals surface area contributed by atoms with Gasteiger partial charge in [-0.1, -0.05) is 40.5 Å². The number of aromatic nitrogens is 1. The molecule has 0 saturated carbocycles. The molecule has 1 aliphatic rings. The monoisotopic (exact) mass is 392 g/mol. The lowest BCUT2D eigenvalue weighted by atomic mass is 10.1. The minimum Gasteiger partial charge on any atom is -0.399 e. The summed E-state index contributed by atoms with van der Waals surface area (Å²) < 4.78 is 0. The number of anilines is 1. The maximum absolute atomic E-state index is 6.32. The Bertz CT molecular complexity index is 746. The third-order valence-corrected chi connectivity index (χ3v) is 5.00. The Kier molecular flexibility index (Phi) is 6.72. The maximum Gasteiger partial charge on any atom is 0.128 e. The number of nitrogens with zero attached hydrogens (tertiary/aromatic N) is 4. The molecule has 138 valence electrons. The van der Waals surface area contributed by atoms with Crippen LogP contribution in [-0.4, -0.2) is 55.4 Å². The van der Waals surface area contributed by atoms with Gasteiger partial charge in [-0.3, -0.25) is 4.90 Å². The van der Waals surface area contributed by atoms with Crippen LogP contribution in [0.1, 0.15) is 12.0 Å². The van der Waals surface area contributed by atoms with Crippen molar-refractivity contribution in [2.45, 2.75) is 6.42 Å². The highest BCUT2D eigenvalue weighted by Gasteiger charge is 2.19. The molecule has 2 heterocycles. The van der Waals surface area contributed by atoms with Crippen LogP contribution < -0.4 is 4.90 Å². The summed E-state index contributed by atoms with van der Waals surface area (Å²) in [6, 6.07) is 11.5.